The van der Waals surface area contributed by atoms with E-state index in [2.05, 4.69) is 40.2 Å². The van der Waals surface area contributed by atoms with Crippen molar-refractivity contribution in [1.29, 1.82) is 0 Å². The zero-order valence-electron chi connectivity index (χ0n) is 16.6. The first-order chi connectivity index (χ1) is 14.5. The van der Waals surface area contributed by atoms with Gasteiger partial charge in [0.1, 0.15) is 0 Å². The van der Waals surface area contributed by atoms with Gasteiger partial charge in [0, 0.05) is 31.9 Å². The van der Waals surface area contributed by atoms with Gasteiger partial charge < -0.3 is 15.4 Å². The van der Waals surface area contributed by atoms with E-state index in [9.17, 15) is 8.42 Å². The Morgan fingerprint density at radius 1 is 1.23 bits per heavy atom. The molecular formula is C18H25N8O3S+. The minimum atomic E-state index is -3.35. The largest absolute Gasteiger partial charge is 0.379 e. The molecule has 0 saturated carbocycles. The number of rotatable bonds is 8. The van der Waals surface area contributed by atoms with Crippen molar-refractivity contribution < 1.29 is 18.1 Å². The molecule has 1 fully saturated rings. The first-order valence-corrected chi connectivity index (χ1v) is 11.5. The molecule has 30 heavy (non-hydrogen) atoms. The van der Waals surface area contributed by atoms with E-state index < -0.39 is 10.0 Å². The predicted octanol–water partition coefficient (Wildman–Crippen LogP) is 0.631. The maximum Gasteiger partial charge on any atom is 0.307 e. The molecule has 0 unspecified atom stereocenters. The fraction of sp³-hybridized carbons (Fsp3) is 0.389. The van der Waals surface area contributed by atoms with Crippen molar-refractivity contribution in [1.82, 2.24) is 19.9 Å². The van der Waals surface area contributed by atoms with Gasteiger partial charge in [-0.1, -0.05) is 11.1 Å². The Bertz CT molecular complexity index is 1110. The minimum absolute atomic E-state index is 0.392. The average molecular weight is 434 g/mol. The predicted molar refractivity (Wildman–Crippen MR) is 114 cm³/mol. The summed E-state index contributed by atoms with van der Waals surface area (Å²) in [6, 6.07) is 6.92. The lowest BCUT2D eigenvalue weighted by Crippen LogP contribution is -2.39. The molecule has 4 rings (SSSR count). The topological polar surface area (TPSA) is 138 Å². The molecule has 1 aliphatic heterocycles. The standard InChI is InChI=1S/C18H24N8O3S/c1-30(27,28)25-14-4-2-3-13(11-14)22-18-23-16(15-17(24-18)21-12-20-15)19-5-6-26-7-9-29-10-8-26/h2-4,11-12,25H,5-10H2,1H3,(H3,19,20,21,22,23,24)/p+1. The molecular weight excluding hydrogens is 408 g/mol. The van der Waals surface area contributed by atoms with Crippen molar-refractivity contribution in [2.75, 3.05) is 61.0 Å². The molecule has 3 heterocycles. The molecule has 160 valence electrons. The van der Waals surface area contributed by atoms with Crippen molar-refractivity contribution >= 4 is 44.3 Å². The van der Waals surface area contributed by atoms with Crippen LogP contribution in [0.5, 0.6) is 0 Å². The first-order valence-electron chi connectivity index (χ1n) is 9.62. The van der Waals surface area contributed by atoms with Crippen LogP contribution in [0.3, 0.4) is 0 Å². The average Bonchev–Trinajstić information content (AvgIpc) is 3.16. The first kappa shape index (κ1) is 20.3. The minimum Gasteiger partial charge on any atom is -0.379 e. The summed E-state index contributed by atoms with van der Waals surface area (Å²) in [7, 11) is -3.35. The number of sulfonamides is 1. The lowest BCUT2D eigenvalue weighted by atomic mass is 10.3. The number of benzene rings is 1. The van der Waals surface area contributed by atoms with E-state index in [4.69, 9.17) is 4.74 Å². The summed E-state index contributed by atoms with van der Waals surface area (Å²) < 4.78 is 30.8. The van der Waals surface area contributed by atoms with Gasteiger partial charge in [-0.3, -0.25) is 14.6 Å². The van der Waals surface area contributed by atoms with Crippen LogP contribution in [0.1, 0.15) is 0 Å². The summed E-state index contributed by atoms with van der Waals surface area (Å²) >= 11 is 0. The fourth-order valence-electron chi connectivity index (χ4n) is 3.22. The Morgan fingerprint density at radius 3 is 2.83 bits per heavy atom. The van der Waals surface area contributed by atoms with Gasteiger partial charge in [0.25, 0.3) is 0 Å². The molecule has 1 aromatic carbocycles. The molecule has 2 aromatic heterocycles. The van der Waals surface area contributed by atoms with Gasteiger partial charge in [-0.15, -0.1) is 0 Å². The van der Waals surface area contributed by atoms with Crippen LogP contribution in [0, 0.1) is 0 Å². The number of fused-ring (bicyclic) bond motifs is 1. The summed E-state index contributed by atoms with van der Waals surface area (Å²) in [5, 5.41) is 6.51. The number of imidazole rings is 1. The maximum atomic E-state index is 11.5. The van der Waals surface area contributed by atoms with Gasteiger partial charge in [-0.05, 0) is 18.2 Å². The normalized spacial score (nSPS) is 15.2. The van der Waals surface area contributed by atoms with E-state index in [-0.39, 0.29) is 0 Å². The number of anilines is 4. The molecule has 0 atom stereocenters. The van der Waals surface area contributed by atoms with Gasteiger partial charge in [0.2, 0.25) is 15.5 Å². The molecule has 3 aromatic rings. The van der Waals surface area contributed by atoms with Crippen LogP contribution in [0.4, 0.5) is 23.1 Å². The van der Waals surface area contributed by atoms with Crippen LogP contribution in [0.25, 0.3) is 11.2 Å². The monoisotopic (exact) mass is 433 g/mol. The zero-order valence-corrected chi connectivity index (χ0v) is 17.4. The van der Waals surface area contributed by atoms with Crippen LogP contribution in [0.15, 0.2) is 30.6 Å². The number of morpholine rings is 1. The van der Waals surface area contributed by atoms with Crippen molar-refractivity contribution in [3.8, 4) is 0 Å². The molecule has 0 spiro atoms. The summed E-state index contributed by atoms with van der Waals surface area (Å²) in [4.78, 5) is 17.6. The number of aromatic amines is 2. The number of nitrogens with zero attached hydrogens (tertiary/aromatic N) is 3. The number of ether oxygens (including phenoxy) is 1. The lowest BCUT2D eigenvalue weighted by Gasteiger charge is -2.26. The molecule has 1 aliphatic rings. The molecule has 0 radical (unpaired) electrons. The Morgan fingerprint density at radius 2 is 2.03 bits per heavy atom. The van der Waals surface area contributed by atoms with Crippen LogP contribution >= 0.6 is 0 Å². The Hall–Kier alpha value is -2.96. The van der Waals surface area contributed by atoms with E-state index in [1.165, 1.54) is 0 Å². The third-order valence-electron chi connectivity index (χ3n) is 4.58. The third kappa shape index (κ3) is 5.34. The van der Waals surface area contributed by atoms with Crippen molar-refractivity contribution in [3.05, 3.63) is 30.6 Å². The number of aromatic nitrogens is 4. The van der Waals surface area contributed by atoms with E-state index in [0.717, 1.165) is 51.2 Å². The van der Waals surface area contributed by atoms with Gasteiger partial charge >= 0.3 is 11.6 Å². The van der Waals surface area contributed by atoms with Crippen LogP contribution in [0.2, 0.25) is 0 Å². The second kappa shape index (κ2) is 8.81. The van der Waals surface area contributed by atoms with Crippen molar-refractivity contribution in [3.63, 3.8) is 0 Å². The highest BCUT2D eigenvalue weighted by Crippen LogP contribution is 2.22. The highest BCUT2D eigenvalue weighted by atomic mass is 32.2. The number of hydrogen-bond acceptors (Lipinski definition) is 8. The quantitative estimate of drug-likeness (QED) is 0.406. The highest BCUT2D eigenvalue weighted by molar-refractivity contribution is 7.92. The second-order valence-electron chi connectivity index (χ2n) is 7.01. The number of hydrogen-bond donors (Lipinski definition) is 4. The summed E-state index contributed by atoms with van der Waals surface area (Å²) in [5.41, 5.74) is 2.57. The highest BCUT2D eigenvalue weighted by Gasteiger charge is 2.17. The van der Waals surface area contributed by atoms with Crippen LogP contribution < -0.4 is 20.3 Å². The maximum absolute atomic E-state index is 11.5. The fourth-order valence-corrected chi connectivity index (χ4v) is 3.78. The van der Waals surface area contributed by atoms with E-state index in [1.807, 2.05) is 6.07 Å². The SMILES string of the molecule is CS(=O)(=O)Nc1cccc(Nc2nc(NCCN3CCOCC3)c3[nH]c[nH+]c3n2)c1. The van der Waals surface area contributed by atoms with Gasteiger partial charge in [0.05, 0.1) is 25.2 Å². The molecule has 1 saturated heterocycles. The van der Waals surface area contributed by atoms with Crippen molar-refractivity contribution in [2.24, 2.45) is 0 Å². The Balaban J connectivity index is 1.48. The molecule has 5 N–H and O–H groups in total. The van der Waals surface area contributed by atoms with Crippen molar-refractivity contribution in [2.45, 2.75) is 0 Å². The van der Waals surface area contributed by atoms with E-state index in [0.29, 0.717) is 28.8 Å². The third-order valence-corrected chi connectivity index (χ3v) is 5.19. The second-order valence-corrected chi connectivity index (χ2v) is 8.76. The number of nitrogens with one attached hydrogen (secondary N) is 5. The molecule has 12 heteroatoms. The van der Waals surface area contributed by atoms with Crippen LogP contribution in [-0.4, -0.2) is 73.9 Å². The molecule has 11 nitrogen and oxygen atoms in total. The van der Waals surface area contributed by atoms with Crippen LogP contribution in [-0.2, 0) is 14.8 Å². The summed E-state index contributed by atoms with van der Waals surface area (Å²) in [6.45, 7) is 5.03. The number of H-pyrrole nitrogens is 2. The Labute approximate surface area is 174 Å². The molecule has 0 bridgehead atoms. The smallest absolute Gasteiger partial charge is 0.307 e. The zero-order chi connectivity index (χ0) is 21.0. The Kier molecular flexibility index (Phi) is 5.97. The molecule has 0 aliphatic carbocycles. The van der Waals surface area contributed by atoms with E-state index >= 15 is 0 Å². The molecule has 0 amide bonds. The van der Waals surface area contributed by atoms with E-state index in [1.54, 1.807) is 24.5 Å². The summed E-state index contributed by atoms with van der Waals surface area (Å²) in [5.74, 6) is 1.08. The van der Waals surface area contributed by atoms with Gasteiger partial charge in [0.15, 0.2) is 12.1 Å². The van der Waals surface area contributed by atoms with Gasteiger partial charge in [-0.25, -0.2) is 13.4 Å². The lowest BCUT2D eigenvalue weighted by molar-refractivity contribution is -0.347. The summed E-state index contributed by atoms with van der Waals surface area (Å²) in [6.07, 6.45) is 2.81. The van der Waals surface area contributed by atoms with Gasteiger partial charge in [-0.2, -0.15) is 4.98 Å².